The summed E-state index contributed by atoms with van der Waals surface area (Å²) in [4.78, 5) is 0. The maximum absolute atomic E-state index is 12.2. The van der Waals surface area contributed by atoms with Crippen LogP contribution in [-0.2, 0) is 4.43 Å². The maximum Gasteiger partial charge on any atom is 0.183 e. The molecule has 12 atom stereocenters. The molecule has 0 aromatic heterocycles. The van der Waals surface area contributed by atoms with E-state index in [0.717, 1.165) is 51.6 Å². The second-order valence-electron chi connectivity index (χ2n) is 14.4. The van der Waals surface area contributed by atoms with Crippen LogP contribution >= 0.6 is 0 Å². The zero-order chi connectivity index (χ0) is 22.9. The number of hydrogen-bond acceptors (Lipinski definition) is 4. The summed E-state index contributed by atoms with van der Waals surface area (Å²) in [5.74, 6) is 4.02. The lowest BCUT2D eigenvalue weighted by molar-refractivity contribution is -0.237. The Morgan fingerprint density at radius 3 is 2.31 bits per heavy atom. The first-order chi connectivity index (χ1) is 14.9. The van der Waals surface area contributed by atoms with Crippen LogP contribution in [0.15, 0.2) is 0 Å². The third kappa shape index (κ3) is 2.75. The summed E-state index contributed by atoms with van der Waals surface area (Å²) >= 11 is 0. The number of aliphatic hydroxyl groups is 3. The SMILES string of the molecule is CC12CCC(O)CC1(O)C1CC1C1C2CCC2(C)C1C1CC1C2(O)CCCO[Si](C)(C)C. The van der Waals surface area contributed by atoms with Crippen LogP contribution in [0.2, 0.25) is 19.6 Å². The molecule has 0 amide bonds. The highest BCUT2D eigenvalue weighted by Gasteiger charge is 2.81. The topological polar surface area (TPSA) is 69.9 Å². The fraction of sp³-hybridized carbons (Fsp3) is 1.00. The molecule has 6 rings (SSSR count). The predicted octanol–water partition coefficient (Wildman–Crippen LogP) is 4.58. The lowest BCUT2D eigenvalue weighted by Gasteiger charge is -2.64. The van der Waals surface area contributed by atoms with Crippen LogP contribution in [0, 0.1) is 52.3 Å². The van der Waals surface area contributed by atoms with Crippen molar-refractivity contribution < 1.29 is 19.7 Å². The molecule has 4 nitrogen and oxygen atoms in total. The highest BCUT2D eigenvalue weighted by molar-refractivity contribution is 6.69. The largest absolute Gasteiger partial charge is 0.418 e. The van der Waals surface area contributed by atoms with E-state index in [0.29, 0.717) is 47.8 Å². The summed E-state index contributed by atoms with van der Waals surface area (Å²) < 4.78 is 6.13. The van der Waals surface area contributed by atoms with Gasteiger partial charge in [-0.05, 0) is 123 Å². The Hall–Kier alpha value is 0.0569. The van der Waals surface area contributed by atoms with Gasteiger partial charge < -0.3 is 19.7 Å². The molecular formula is C27H46O4Si. The zero-order valence-corrected chi connectivity index (χ0v) is 21.9. The molecule has 6 aliphatic carbocycles. The maximum atomic E-state index is 12.2. The fourth-order valence-corrected chi connectivity index (χ4v) is 11.2. The van der Waals surface area contributed by atoms with E-state index in [9.17, 15) is 15.3 Å². The highest BCUT2D eigenvalue weighted by Crippen LogP contribution is 2.82. The summed E-state index contributed by atoms with van der Waals surface area (Å²) in [5.41, 5.74) is -1.24. The Labute approximate surface area is 195 Å². The predicted molar refractivity (Wildman–Crippen MR) is 127 cm³/mol. The molecular weight excluding hydrogens is 416 g/mol. The van der Waals surface area contributed by atoms with E-state index in [-0.39, 0.29) is 16.9 Å². The molecule has 6 saturated carbocycles. The van der Waals surface area contributed by atoms with Gasteiger partial charge in [-0.1, -0.05) is 13.8 Å². The molecule has 0 aromatic carbocycles. The lowest BCUT2D eigenvalue weighted by atomic mass is 9.42. The van der Waals surface area contributed by atoms with Crippen molar-refractivity contribution in [1.82, 2.24) is 0 Å². The van der Waals surface area contributed by atoms with E-state index in [4.69, 9.17) is 4.43 Å². The van der Waals surface area contributed by atoms with Gasteiger partial charge in [0.25, 0.3) is 0 Å². The third-order valence-electron chi connectivity index (χ3n) is 12.0. The summed E-state index contributed by atoms with van der Waals surface area (Å²) in [5, 5.41) is 34.6. The highest BCUT2D eigenvalue weighted by atomic mass is 28.4. The van der Waals surface area contributed by atoms with E-state index in [1.54, 1.807) is 0 Å². The first kappa shape index (κ1) is 22.5. The number of rotatable bonds is 5. The second-order valence-corrected chi connectivity index (χ2v) is 18.9. The van der Waals surface area contributed by atoms with E-state index in [1.165, 1.54) is 6.42 Å². The van der Waals surface area contributed by atoms with Gasteiger partial charge in [-0.15, -0.1) is 0 Å². The lowest BCUT2D eigenvalue weighted by Crippen LogP contribution is -2.65. The zero-order valence-electron chi connectivity index (χ0n) is 20.9. The van der Waals surface area contributed by atoms with Crippen molar-refractivity contribution >= 4 is 8.32 Å². The minimum Gasteiger partial charge on any atom is -0.418 e. The number of hydrogen-bond donors (Lipinski definition) is 3. The van der Waals surface area contributed by atoms with Gasteiger partial charge in [0.15, 0.2) is 8.32 Å². The molecule has 32 heavy (non-hydrogen) atoms. The van der Waals surface area contributed by atoms with Crippen molar-refractivity contribution in [1.29, 1.82) is 0 Å². The number of aliphatic hydroxyl groups excluding tert-OH is 1. The molecule has 182 valence electrons. The van der Waals surface area contributed by atoms with Crippen molar-refractivity contribution in [2.24, 2.45) is 52.3 Å². The van der Waals surface area contributed by atoms with Crippen LogP contribution in [0.25, 0.3) is 0 Å². The van der Waals surface area contributed by atoms with Crippen molar-refractivity contribution in [3.05, 3.63) is 0 Å². The molecule has 5 heteroatoms. The minimum atomic E-state index is -1.51. The van der Waals surface area contributed by atoms with Crippen molar-refractivity contribution in [3.8, 4) is 0 Å². The molecule has 6 aliphatic rings. The first-order valence-corrected chi connectivity index (χ1v) is 17.0. The van der Waals surface area contributed by atoms with E-state index < -0.39 is 19.5 Å². The van der Waals surface area contributed by atoms with Crippen LogP contribution in [0.1, 0.15) is 71.6 Å². The van der Waals surface area contributed by atoms with Gasteiger partial charge in [0.05, 0.1) is 17.3 Å². The van der Waals surface area contributed by atoms with Gasteiger partial charge in [0.2, 0.25) is 0 Å². The molecule has 0 radical (unpaired) electrons. The normalized spacial score (nSPS) is 60.0. The van der Waals surface area contributed by atoms with Crippen LogP contribution in [-0.4, -0.2) is 47.5 Å². The number of fused-ring (bicyclic) bond motifs is 10. The molecule has 0 spiro atoms. The Bertz CT molecular complexity index is 797. The molecule has 0 bridgehead atoms. The minimum absolute atomic E-state index is 0.0219. The van der Waals surface area contributed by atoms with Gasteiger partial charge in [-0.3, -0.25) is 0 Å². The smallest absolute Gasteiger partial charge is 0.183 e. The summed E-state index contributed by atoms with van der Waals surface area (Å²) in [6.45, 7) is 12.3. The summed E-state index contributed by atoms with van der Waals surface area (Å²) in [6, 6.07) is 0. The van der Waals surface area contributed by atoms with Gasteiger partial charge in [0.1, 0.15) is 0 Å². The molecule has 6 fully saturated rings. The van der Waals surface area contributed by atoms with Crippen molar-refractivity contribution in [3.63, 3.8) is 0 Å². The summed E-state index contributed by atoms with van der Waals surface area (Å²) in [7, 11) is -1.51. The average molecular weight is 463 g/mol. The fourth-order valence-electron chi connectivity index (χ4n) is 10.5. The Morgan fingerprint density at radius 2 is 1.59 bits per heavy atom. The molecule has 12 unspecified atom stereocenters. The monoisotopic (exact) mass is 462 g/mol. The van der Waals surface area contributed by atoms with Gasteiger partial charge in [0, 0.05) is 13.0 Å². The quantitative estimate of drug-likeness (QED) is 0.413. The van der Waals surface area contributed by atoms with Gasteiger partial charge in [-0.2, -0.15) is 0 Å². The van der Waals surface area contributed by atoms with E-state index in [1.807, 2.05) is 0 Å². The third-order valence-corrected chi connectivity index (χ3v) is 13.1. The second kappa shape index (κ2) is 6.63. The van der Waals surface area contributed by atoms with Gasteiger partial charge >= 0.3 is 0 Å². The van der Waals surface area contributed by atoms with E-state index in [2.05, 4.69) is 33.5 Å². The van der Waals surface area contributed by atoms with E-state index >= 15 is 0 Å². The Morgan fingerprint density at radius 1 is 0.906 bits per heavy atom. The molecule has 0 aliphatic heterocycles. The van der Waals surface area contributed by atoms with Crippen molar-refractivity contribution in [2.45, 2.75) is 109 Å². The summed E-state index contributed by atoms with van der Waals surface area (Å²) in [6.07, 6.45) is 8.53. The molecule has 0 heterocycles. The molecule has 0 saturated heterocycles. The Kier molecular flexibility index (Phi) is 4.66. The molecule has 3 N–H and O–H groups in total. The standard InChI is InChI=1S/C27H46O4Si/c1-24-10-7-16(28)15-27(24,30)20-13-17(20)22-19(24)8-11-25(2)23(22)18-14-21(18)26(25,29)9-6-12-31-32(3,4)5/h16-23,28-30H,6-15H2,1-5H3. The van der Waals surface area contributed by atoms with Crippen LogP contribution in [0.3, 0.4) is 0 Å². The van der Waals surface area contributed by atoms with Gasteiger partial charge in [-0.25, -0.2) is 0 Å². The Balaban J connectivity index is 1.27. The first-order valence-electron chi connectivity index (χ1n) is 13.6. The van der Waals surface area contributed by atoms with Crippen LogP contribution in [0.4, 0.5) is 0 Å². The van der Waals surface area contributed by atoms with Crippen molar-refractivity contribution in [2.75, 3.05) is 6.61 Å². The molecule has 0 aromatic rings. The van der Waals surface area contributed by atoms with Crippen LogP contribution in [0.5, 0.6) is 0 Å². The van der Waals surface area contributed by atoms with Crippen LogP contribution < -0.4 is 0 Å². The average Bonchev–Trinajstić information content (AvgIpc) is 3.59.